The molecule has 0 radical (unpaired) electrons. The number of aromatic nitrogens is 7. The van der Waals surface area contributed by atoms with Gasteiger partial charge in [0.15, 0.2) is 0 Å². The summed E-state index contributed by atoms with van der Waals surface area (Å²) in [6.45, 7) is -0.164. The number of carbonyl (C=O) groups is 1. The topological polar surface area (TPSA) is 130 Å². The number of pyridine rings is 1. The third-order valence-corrected chi connectivity index (χ3v) is 4.35. The van der Waals surface area contributed by atoms with Gasteiger partial charge < -0.3 is 5.32 Å². The Bertz CT molecular complexity index is 1340. The first-order valence-corrected chi connectivity index (χ1v) is 8.63. The molecule has 0 saturated heterocycles. The second-order valence-corrected chi connectivity index (χ2v) is 6.36. The number of nitrogens with one attached hydrogen (secondary N) is 1. The SMILES string of the molecule is Cn1c(=O)c2cc(NC(=O)Cn3nnc(-c4ccccc4)n3)cnc2n(C)c1=O. The average Bonchev–Trinajstić information content (AvgIpc) is 3.19. The maximum Gasteiger partial charge on any atom is 0.332 e. The summed E-state index contributed by atoms with van der Waals surface area (Å²) in [5.74, 6) is -0.00000803. The number of carbonyl (C=O) groups excluding carboxylic acids is 1. The van der Waals surface area contributed by atoms with Crippen LogP contribution in [0.3, 0.4) is 0 Å². The maximum atomic E-state index is 12.3. The molecule has 11 nitrogen and oxygen atoms in total. The van der Waals surface area contributed by atoms with Crippen LogP contribution in [-0.2, 0) is 25.4 Å². The van der Waals surface area contributed by atoms with Gasteiger partial charge in [0.25, 0.3) is 5.56 Å². The van der Waals surface area contributed by atoms with E-state index in [2.05, 4.69) is 25.7 Å². The number of aryl methyl sites for hydroxylation is 1. The van der Waals surface area contributed by atoms with Crippen LogP contribution in [0.2, 0.25) is 0 Å². The maximum absolute atomic E-state index is 12.3. The third kappa shape index (κ3) is 3.40. The fourth-order valence-corrected chi connectivity index (χ4v) is 2.88. The lowest BCUT2D eigenvalue weighted by atomic mass is 10.2. The summed E-state index contributed by atoms with van der Waals surface area (Å²) in [6, 6.07) is 10.8. The Labute approximate surface area is 163 Å². The molecule has 1 aromatic carbocycles. The monoisotopic (exact) mass is 392 g/mol. The van der Waals surface area contributed by atoms with Gasteiger partial charge in [0.2, 0.25) is 11.7 Å². The van der Waals surface area contributed by atoms with Gasteiger partial charge >= 0.3 is 5.69 Å². The van der Waals surface area contributed by atoms with E-state index >= 15 is 0 Å². The molecular formula is C18H16N8O3. The zero-order valence-corrected chi connectivity index (χ0v) is 15.6. The molecule has 3 heterocycles. The third-order valence-electron chi connectivity index (χ3n) is 4.35. The van der Waals surface area contributed by atoms with Crippen LogP contribution in [0, 0.1) is 0 Å². The van der Waals surface area contributed by atoms with E-state index in [1.54, 1.807) is 0 Å². The first-order chi connectivity index (χ1) is 13.9. The molecule has 4 aromatic rings. The molecule has 1 N–H and O–H groups in total. The van der Waals surface area contributed by atoms with Crippen molar-refractivity contribution in [2.24, 2.45) is 14.1 Å². The minimum Gasteiger partial charge on any atom is -0.323 e. The average molecular weight is 392 g/mol. The molecular weight excluding hydrogens is 376 g/mol. The van der Waals surface area contributed by atoms with Crippen LogP contribution in [-0.4, -0.2) is 40.2 Å². The second kappa shape index (κ2) is 7.11. The van der Waals surface area contributed by atoms with Gasteiger partial charge in [-0.1, -0.05) is 30.3 Å². The lowest BCUT2D eigenvalue weighted by Gasteiger charge is -2.09. The summed E-state index contributed by atoms with van der Waals surface area (Å²) in [5, 5.41) is 14.9. The van der Waals surface area contributed by atoms with Crippen molar-refractivity contribution in [3.8, 4) is 11.4 Å². The number of hydrogen-bond acceptors (Lipinski definition) is 7. The van der Waals surface area contributed by atoms with Crippen molar-refractivity contribution in [3.05, 3.63) is 63.4 Å². The van der Waals surface area contributed by atoms with E-state index in [-0.39, 0.29) is 17.6 Å². The Hall–Kier alpha value is -4.15. The highest BCUT2D eigenvalue weighted by atomic mass is 16.2. The molecule has 29 heavy (non-hydrogen) atoms. The van der Waals surface area contributed by atoms with E-state index in [0.29, 0.717) is 11.5 Å². The van der Waals surface area contributed by atoms with E-state index in [9.17, 15) is 14.4 Å². The number of amides is 1. The van der Waals surface area contributed by atoms with Gasteiger partial charge in [0, 0.05) is 19.7 Å². The van der Waals surface area contributed by atoms with Crippen LogP contribution >= 0.6 is 0 Å². The molecule has 146 valence electrons. The number of nitrogens with zero attached hydrogens (tertiary/aromatic N) is 7. The van der Waals surface area contributed by atoms with E-state index in [1.165, 1.54) is 35.7 Å². The molecule has 0 spiro atoms. The summed E-state index contributed by atoms with van der Waals surface area (Å²) in [6.07, 6.45) is 1.38. The number of fused-ring (bicyclic) bond motifs is 1. The van der Waals surface area contributed by atoms with Crippen molar-refractivity contribution in [1.82, 2.24) is 34.3 Å². The number of tetrazole rings is 1. The summed E-state index contributed by atoms with van der Waals surface area (Å²) < 4.78 is 2.26. The molecule has 4 rings (SSSR count). The standard InChI is InChI=1S/C18H16N8O3/c1-24-16-13(17(28)25(2)18(24)29)8-12(9-19-16)20-14(27)10-26-22-15(21-23-26)11-6-4-3-5-7-11/h3-9H,10H2,1-2H3,(H,20,27). The van der Waals surface area contributed by atoms with E-state index < -0.39 is 17.2 Å². The second-order valence-electron chi connectivity index (χ2n) is 6.36. The molecule has 0 aliphatic heterocycles. The Balaban J connectivity index is 1.55. The van der Waals surface area contributed by atoms with Gasteiger partial charge in [0.05, 0.1) is 17.3 Å². The lowest BCUT2D eigenvalue weighted by Crippen LogP contribution is -2.37. The number of hydrogen-bond donors (Lipinski definition) is 1. The van der Waals surface area contributed by atoms with Crippen LogP contribution in [0.1, 0.15) is 0 Å². The highest BCUT2D eigenvalue weighted by Crippen LogP contribution is 2.13. The molecule has 0 fully saturated rings. The van der Waals surface area contributed by atoms with Crippen LogP contribution in [0.15, 0.2) is 52.2 Å². The molecule has 0 aliphatic rings. The number of benzene rings is 1. The highest BCUT2D eigenvalue weighted by molar-refractivity contribution is 5.92. The first-order valence-electron chi connectivity index (χ1n) is 8.63. The van der Waals surface area contributed by atoms with Crippen molar-refractivity contribution in [1.29, 1.82) is 0 Å². The largest absolute Gasteiger partial charge is 0.332 e. The predicted octanol–water partition coefficient (Wildman–Crippen LogP) is -0.0756. The Morgan fingerprint density at radius 1 is 1.10 bits per heavy atom. The Morgan fingerprint density at radius 3 is 2.62 bits per heavy atom. The quantitative estimate of drug-likeness (QED) is 0.514. The van der Waals surface area contributed by atoms with Crippen LogP contribution in [0.25, 0.3) is 22.4 Å². The molecule has 3 aromatic heterocycles. The van der Waals surface area contributed by atoms with Crippen LogP contribution in [0.5, 0.6) is 0 Å². The first kappa shape index (κ1) is 18.2. The normalized spacial score (nSPS) is 11.0. The minimum absolute atomic E-state index is 0.164. The van der Waals surface area contributed by atoms with E-state index in [1.807, 2.05) is 30.3 Å². The fraction of sp³-hybridized carbons (Fsp3) is 0.167. The molecule has 1 amide bonds. The molecule has 0 aliphatic carbocycles. The smallest absolute Gasteiger partial charge is 0.323 e. The molecule has 0 unspecified atom stereocenters. The van der Waals surface area contributed by atoms with Crippen LogP contribution < -0.4 is 16.6 Å². The van der Waals surface area contributed by atoms with E-state index in [0.717, 1.165) is 10.1 Å². The van der Waals surface area contributed by atoms with Gasteiger partial charge in [-0.15, -0.1) is 10.2 Å². The lowest BCUT2D eigenvalue weighted by molar-refractivity contribution is -0.117. The zero-order chi connectivity index (χ0) is 20.5. The Morgan fingerprint density at radius 2 is 1.86 bits per heavy atom. The van der Waals surface area contributed by atoms with Crippen LogP contribution in [0.4, 0.5) is 5.69 Å². The van der Waals surface area contributed by atoms with Crippen molar-refractivity contribution in [2.75, 3.05) is 5.32 Å². The summed E-state index contributed by atoms with van der Waals surface area (Å²) >= 11 is 0. The van der Waals surface area contributed by atoms with Crippen molar-refractivity contribution >= 4 is 22.6 Å². The molecule has 0 atom stereocenters. The summed E-state index contributed by atoms with van der Waals surface area (Å²) in [4.78, 5) is 41.9. The van der Waals surface area contributed by atoms with Gasteiger partial charge in [0.1, 0.15) is 12.2 Å². The zero-order valence-electron chi connectivity index (χ0n) is 15.6. The fourth-order valence-electron chi connectivity index (χ4n) is 2.88. The van der Waals surface area contributed by atoms with Crippen molar-refractivity contribution in [2.45, 2.75) is 6.54 Å². The molecule has 11 heteroatoms. The predicted molar refractivity (Wildman–Crippen MR) is 104 cm³/mol. The van der Waals surface area contributed by atoms with Crippen molar-refractivity contribution < 1.29 is 4.79 Å². The summed E-state index contributed by atoms with van der Waals surface area (Å²) in [5.41, 5.74) is 0.387. The Kier molecular flexibility index (Phi) is 4.47. The summed E-state index contributed by atoms with van der Waals surface area (Å²) in [7, 11) is 2.91. The molecule has 0 bridgehead atoms. The van der Waals surface area contributed by atoms with Gasteiger partial charge in [-0.3, -0.25) is 18.7 Å². The highest BCUT2D eigenvalue weighted by Gasteiger charge is 2.13. The number of rotatable bonds is 4. The van der Waals surface area contributed by atoms with Crippen molar-refractivity contribution in [3.63, 3.8) is 0 Å². The molecule has 0 saturated carbocycles. The number of anilines is 1. The van der Waals surface area contributed by atoms with Gasteiger partial charge in [-0.05, 0) is 11.3 Å². The van der Waals surface area contributed by atoms with Gasteiger partial charge in [-0.2, -0.15) is 4.80 Å². The van der Waals surface area contributed by atoms with Gasteiger partial charge in [-0.25, -0.2) is 9.78 Å². The van der Waals surface area contributed by atoms with E-state index in [4.69, 9.17) is 0 Å². The minimum atomic E-state index is -0.489.